The zero-order valence-corrected chi connectivity index (χ0v) is 12.8. The number of hydrogen-bond donors (Lipinski definition) is 2. The molecule has 0 aliphatic rings. The van der Waals surface area contributed by atoms with Crippen molar-refractivity contribution in [1.29, 1.82) is 0 Å². The van der Waals surface area contributed by atoms with Crippen LogP contribution in [-0.2, 0) is 0 Å². The molecule has 0 unspecified atom stereocenters. The predicted octanol–water partition coefficient (Wildman–Crippen LogP) is 4.70. The van der Waals surface area contributed by atoms with Crippen LogP contribution in [0.4, 0.5) is 11.4 Å². The van der Waals surface area contributed by atoms with Gasteiger partial charge < -0.3 is 9.79 Å². The predicted molar refractivity (Wildman–Crippen MR) is 91.8 cm³/mol. The fourth-order valence-corrected chi connectivity index (χ4v) is 3.14. The summed E-state index contributed by atoms with van der Waals surface area (Å²) in [5, 5.41) is 0. The van der Waals surface area contributed by atoms with Gasteiger partial charge in [-0.05, 0) is 23.8 Å². The molecule has 0 amide bonds. The van der Waals surface area contributed by atoms with Crippen molar-refractivity contribution in [3.05, 3.63) is 84.9 Å². The van der Waals surface area contributed by atoms with Crippen molar-refractivity contribution in [1.82, 2.24) is 0 Å². The highest BCUT2D eigenvalue weighted by Gasteiger charge is 2.20. The molecule has 0 radical (unpaired) electrons. The normalized spacial score (nSPS) is 10.7. The smallest absolute Gasteiger partial charge is 0.289 e. The summed E-state index contributed by atoms with van der Waals surface area (Å²) in [4.78, 5) is 19.9. The molecule has 0 aromatic heterocycles. The maximum atomic E-state index is 9.94. The van der Waals surface area contributed by atoms with Crippen LogP contribution < -0.4 is 4.67 Å². The standard InChI is InChI=1S/C18H16NO2P/c20-22(21)19(16-11-5-2-6-12-16)18-14-8-7-13-17(18)15-9-3-1-4-10-15/h1-14,20-21H. The Morgan fingerprint density at radius 1 is 0.636 bits per heavy atom. The van der Waals surface area contributed by atoms with Crippen molar-refractivity contribution in [2.24, 2.45) is 0 Å². The van der Waals surface area contributed by atoms with Crippen molar-refractivity contribution in [3.63, 3.8) is 0 Å². The average molecular weight is 309 g/mol. The molecule has 0 atom stereocenters. The minimum Gasteiger partial charge on any atom is -0.333 e. The Hall–Kier alpha value is -2.19. The second kappa shape index (κ2) is 6.71. The van der Waals surface area contributed by atoms with Crippen molar-refractivity contribution in [2.75, 3.05) is 4.67 Å². The zero-order chi connectivity index (χ0) is 15.4. The van der Waals surface area contributed by atoms with Gasteiger partial charge in [0.2, 0.25) is 0 Å². The molecule has 3 rings (SSSR count). The Morgan fingerprint density at radius 3 is 1.82 bits per heavy atom. The van der Waals surface area contributed by atoms with E-state index in [1.165, 1.54) is 0 Å². The SMILES string of the molecule is OP(O)N(c1ccccc1)c1ccccc1-c1ccccc1. The van der Waals surface area contributed by atoms with Gasteiger partial charge in [0, 0.05) is 11.3 Å². The number of benzene rings is 3. The summed E-state index contributed by atoms with van der Waals surface area (Å²) in [7, 11) is -2.29. The minimum absolute atomic E-state index is 0.752. The van der Waals surface area contributed by atoms with E-state index in [4.69, 9.17) is 0 Å². The Labute approximate surface area is 131 Å². The van der Waals surface area contributed by atoms with Crippen molar-refractivity contribution in [2.45, 2.75) is 0 Å². The number of hydrogen-bond acceptors (Lipinski definition) is 3. The van der Waals surface area contributed by atoms with Crippen LogP contribution in [0.3, 0.4) is 0 Å². The van der Waals surface area contributed by atoms with Gasteiger partial charge in [-0.1, -0.05) is 66.7 Å². The van der Waals surface area contributed by atoms with Gasteiger partial charge >= 0.3 is 0 Å². The summed E-state index contributed by atoms with van der Waals surface area (Å²) < 4.78 is 1.57. The lowest BCUT2D eigenvalue weighted by Gasteiger charge is -2.27. The molecule has 3 aromatic rings. The van der Waals surface area contributed by atoms with E-state index < -0.39 is 8.53 Å². The lowest BCUT2D eigenvalue weighted by Crippen LogP contribution is -2.10. The molecule has 2 N–H and O–H groups in total. The monoisotopic (exact) mass is 309 g/mol. The lowest BCUT2D eigenvalue weighted by molar-refractivity contribution is 0.483. The first-order chi connectivity index (χ1) is 10.8. The van der Waals surface area contributed by atoms with Crippen LogP contribution in [0.2, 0.25) is 0 Å². The van der Waals surface area contributed by atoms with Gasteiger partial charge in [0.05, 0.1) is 5.69 Å². The Bertz CT molecular complexity index is 732. The quantitative estimate of drug-likeness (QED) is 0.686. The highest BCUT2D eigenvalue weighted by molar-refractivity contribution is 7.47. The molecule has 0 bridgehead atoms. The summed E-state index contributed by atoms with van der Waals surface area (Å²) in [5.41, 5.74) is 3.52. The van der Waals surface area contributed by atoms with Crippen molar-refractivity contribution >= 4 is 19.9 Å². The molecule has 0 aliphatic carbocycles. The number of anilines is 2. The highest BCUT2D eigenvalue weighted by atomic mass is 31.2. The Morgan fingerprint density at radius 2 is 1.18 bits per heavy atom. The maximum absolute atomic E-state index is 9.94. The van der Waals surface area contributed by atoms with Crippen LogP contribution in [0.25, 0.3) is 11.1 Å². The molecule has 0 heterocycles. The number of rotatable bonds is 4. The molecule has 22 heavy (non-hydrogen) atoms. The van der Waals surface area contributed by atoms with Crippen molar-refractivity contribution in [3.8, 4) is 11.1 Å². The number of para-hydroxylation sites is 2. The molecule has 3 nitrogen and oxygen atoms in total. The van der Waals surface area contributed by atoms with E-state index in [0.29, 0.717) is 0 Å². The van der Waals surface area contributed by atoms with Crippen LogP contribution in [0.15, 0.2) is 84.9 Å². The fraction of sp³-hybridized carbons (Fsp3) is 0. The van der Waals surface area contributed by atoms with Gasteiger partial charge in [-0.2, -0.15) is 0 Å². The van der Waals surface area contributed by atoms with Crippen LogP contribution in [0.5, 0.6) is 0 Å². The van der Waals surface area contributed by atoms with E-state index in [2.05, 4.69) is 0 Å². The first kappa shape index (κ1) is 14.7. The third kappa shape index (κ3) is 3.02. The topological polar surface area (TPSA) is 43.7 Å². The van der Waals surface area contributed by atoms with E-state index >= 15 is 0 Å². The zero-order valence-electron chi connectivity index (χ0n) is 11.9. The Balaban J connectivity index is 2.14. The molecule has 110 valence electrons. The van der Waals surface area contributed by atoms with E-state index in [1.807, 2.05) is 84.9 Å². The number of nitrogens with zero attached hydrogens (tertiary/aromatic N) is 1. The maximum Gasteiger partial charge on any atom is 0.289 e. The van der Waals surface area contributed by atoms with Crippen LogP contribution in [-0.4, -0.2) is 9.79 Å². The molecule has 0 aliphatic heterocycles. The highest BCUT2D eigenvalue weighted by Crippen LogP contribution is 2.46. The van der Waals surface area contributed by atoms with Gasteiger partial charge in [-0.25, -0.2) is 0 Å². The van der Waals surface area contributed by atoms with Gasteiger partial charge in [0.1, 0.15) is 0 Å². The molecule has 4 heteroatoms. The van der Waals surface area contributed by atoms with Gasteiger partial charge in [0.15, 0.2) is 0 Å². The third-order valence-corrected chi connectivity index (χ3v) is 4.20. The second-order valence-electron chi connectivity index (χ2n) is 4.80. The molecule has 0 saturated carbocycles. The van der Waals surface area contributed by atoms with Crippen LogP contribution in [0, 0.1) is 0 Å². The Kier molecular flexibility index (Phi) is 4.50. The van der Waals surface area contributed by atoms with E-state index in [1.54, 1.807) is 4.67 Å². The molecule has 0 spiro atoms. The van der Waals surface area contributed by atoms with E-state index in [-0.39, 0.29) is 0 Å². The summed E-state index contributed by atoms with van der Waals surface area (Å²) in [5.74, 6) is 0. The molecule has 0 fully saturated rings. The van der Waals surface area contributed by atoms with Crippen LogP contribution in [0.1, 0.15) is 0 Å². The summed E-state index contributed by atoms with van der Waals surface area (Å²) in [6.07, 6.45) is 0. The van der Waals surface area contributed by atoms with E-state index in [0.717, 1.165) is 22.5 Å². The summed E-state index contributed by atoms with van der Waals surface area (Å²) in [6, 6.07) is 27.1. The van der Waals surface area contributed by atoms with Crippen molar-refractivity contribution < 1.29 is 9.79 Å². The first-order valence-corrected chi connectivity index (χ1v) is 8.15. The first-order valence-electron chi connectivity index (χ1n) is 6.95. The third-order valence-electron chi connectivity index (χ3n) is 3.40. The molecule has 0 saturated heterocycles. The van der Waals surface area contributed by atoms with E-state index in [9.17, 15) is 9.79 Å². The van der Waals surface area contributed by atoms with Crippen LogP contribution >= 0.6 is 8.53 Å². The molecule has 3 aromatic carbocycles. The molecular formula is C18H16NO2P. The lowest BCUT2D eigenvalue weighted by atomic mass is 10.0. The minimum atomic E-state index is -2.29. The average Bonchev–Trinajstić information content (AvgIpc) is 2.57. The van der Waals surface area contributed by atoms with Gasteiger partial charge in [-0.3, -0.25) is 4.67 Å². The largest absolute Gasteiger partial charge is 0.333 e. The molecular weight excluding hydrogens is 293 g/mol. The van der Waals surface area contributed by atoms with Gasteiger partial charge in [0.25, 0.3) is 8.53 Å². The fourth-order valence-electron chi connectivity index (χ4n) is 2.43. The second-order valence-corrected chi connectivity index (χ2v) is 5.74. The summed E-state index contributed by atoms with van der Waals surface area (Å²) >= 11 is 0. The summed E-state index contributed by atoms with van der Waals surface area (Å²) in [6.45, 7) is 0. The van der Waals surface area contributed by atoms with Gasteiger partial charge in [-0.15, -0.1) is 0 Å².